The average molecular weight is 360 g/mol. The highest BCUT2D eigenvalue weighted by Gasteiger charge is 2.25. The van der Waals surface area contributed by atoms with Crippen LogP contribution in [-0.4, -0.2) is 41.5 Å². The van der Waals surface area contributed by atoms with Crippen molar-refractivity contribution in [3.63, 3.8) is 0 Å². The van der Waals surface area contributed by atoms with Crippen LogP contribution in [0.1, 0.15) is 30.5 Å². The van der Waals surface area contributed by atoms with Crippen molar-refractivity contribution in [2.45, 2.75) is 51.2 Å². The van der Waals surface area contributed by atoms with Crippen molar-refractivity contribution in [3.05, 3.63) is 57.8 Å². The number of likely N-dealkylation sites (N-methyl/N-ethyl adjacent to an activating group) is 1. The first-order chi connectivity index (χ1) is 11.9. The van der Waals surface area contributed by atoms with Gasteiger partial charge in [0.15, 0.2) is 6.35 Å². The lowest BCUT2D eigenvalue weighted by Gasteiger charge is -2.36. The topological polar surface area (TPSA) is 47.5 Å². The molecule has 1 aromatic heterocycles. The maximum absolute atomic E-state index is 10.4. The molecule has 1 aliphatic heterocycles. The van der Waals surface area contributed by atoms with Crippen LogP contribution in [0.5, 0.6) is 0 Å². The lowest BCUT2D eigenvalue weighted by atomic mass is 9.94. The number of benzene rings is 1. The van der Waals surface area contributed by atoms with Crippen LogP contribution >= 0.6 is 11.3 Å². The Kier molecular flexibility index (Phi) is 5.92. The third kappa shape index (κ3) is 5.12. The number of nitrogens with one attached hydrogen (secondary N) is 2. The first-order valence-electron chi connectivity index (χ1n) is 8.90. The van der Waals surface area contributed by atoms with E-state index in [1.54, 1.807) is 11.3 Å². The number of aliphatic hydroxyl groups is 1. The van der Waals surface area contributed by atoms with Gasteiger partial charge in [0.25, 0.3) is 0 Å². The van der Waals surface area contributed by atoms with Crippen molar-refractivity contribution >= 4 is 11.3 Å². The summed E-state index contributed by atoms with van der Waals surface area (Å²) < 4.78 is 0. The SMILES string of the molecule is CN1Cc2ccccc2CC1CNC(O)NC(C)(C)Cc1ccsc1. The maximum Gasteiger partial charge on any atom is 0.160 e. The lowest BCUT2D eigenvalue weighted by molar-refractivity contribution is 0.0599. The Morgan fingerprint density at radius 1 is 1.28 bits per heavy atom. The third-order valence-electron chi connectivity index (χ3n) is 4.92. The zero-order valence-corrected chi connectivity index (χ0v) is 16.1. The number of thiophene rings is 1. The van der Waals surface area contributed by atoms with Gasteiger partial charge in [-0.2, -0.15) is 11.3 Å². The van der Waals surface area contributed by atoms with E-state index in [9.17, 15) is 5.11 Å². The predicted molar refractivity (Wildman–Crippen MR) is 105 cm³/mol. The molecule has 0 amide bonds. The average Bonchev–Trinajstić information content (AvgIpc) is 3.04. The van der Waals surface area contributed by atoms with Gasteiger partial charge in [0.05, 0.1) is 0 Å². The second-order valence-electron chi connectivity index (χ2n) is 7.69. The van der Waals surface area contributed by atoms with Crippen LogP contribution in [0.15, 0.2) is 41.1 Å². The molecule has 25 heavy (non-hydrogen) atoms. The minimum absolute atomic E-state index is 0.168. The van der Waals surface area contributed by atoms with E-state index in [0.717, 1.165) is 25.9 Å². The highest BCUT2D eigenvalue weighted by Crippen LogP contribution is 2.21. The first kappa shape index (κ1) is 18.5. The molecule has 2 aromatic rings. The summed E-state index contributed by atoms with van der Waals surface area (Å²) in [5.41, 5.74) is 3.97. The molecule has 1 aromatic carbocycles. The molecule has 2 unspecified atom stereocenters. The largest absolute Gasteiger partial charge is 0.365 e. The van der Waals surface area contributed by atoms with Crippen molar-refractivity contribution in [2.24, 2.45) is 0 Å². The number of nitrogens with zero attached hydrogens (tertiary/aromatic N) is 1. The molecular formula is C20H29N3OS. The fourth-order valence-electron chi connectivity index (χ4n) is 3.57. The number of aliphatic hydroxyl groups excluding tert-OH is 1. The lowest BCUT2D eigenvalue weighted by Crippen LogP contribution is -2.56. The molecule has 0 spiro atoms. The quantitative estimate of drug-likeness (QED) is 0.665. The van der Waals surface area contributed by atoms with Crippen LogP contribution in [0.3, 0.4) is 0 Å². The Hall–Kier alpha value is -1.24. The molecular weight excluding hydrogens is 330 g/mol. The van der Waals surface area contributed by atoms with Crippen molar-refractivity contribution in [1.29, 1.82) is 0 Å². The van der Waals surface area contributed by atoms with Gasteiger partial charge in [-0.25, -0.2) is 0 Å². The highest BCUT2D eigenvalue weighted by molar-refractivity contribution is 7.07. The molecule has 0 radical (unpaired) electrons. The van der Waals surface area contributed by atoms with E-state index >= 15 is 0 Å². The van der Waals surface area contributed by atoms with Gasteiger partial charge in [0.2, 0.25) is 0 Å². The van der Waals surface area contributed by atoms with Crippen molar-refractivity contribution in [1.82, 2.24) is 15.5 Å². The van der Waals surface area contributed by atoms with Gasteiger partial charge >= 0.3 is 0 Å². The van der Waals surface area contributed by atoms with E-state index in [0.29, 0.717) is 6.04 Å². The molecule has 3 N–H and O–H groups in total. The predicted octanol–water partition coefficient (Wildman–Crippen LogP) is 2.58. The van der Waals surface area contributed by atoms with E-state index in [1.807, 2.05) is 0 Å². The number of fused-ring (bicyclic) bond motifs is 1. The van der Waals surface area contributed by atoms with Crippen LogP contribution in [0.4, 0.5) is 0 Å². The van der Waals surface area contributed by atoms with E-state index in [1.165, 1.54) is 16.7 Å². The number of rotatable bonds is 7. The van der Waals surface area contributed by atoms with E-state index in [4.69, 9.17) is 0 Å². The van der Waals surface area contributed by atoms with Crippen LogP contribution in [0, 0.1) is 0 Å². The molecule has 136 valence electrons. The summed E-state index contributed by atoms with van der Waals surface area (Å²) in [6.45, 7) is 5.97. The van der Waals surface area contributed by atoms with Crippen LogP contribution < -0.4 is 10.6 Å². The summed E-state index contributed by atoms with van der Waals surface area (Å²) in [4.78, 5) is 2.36. The zero-order valence-electron chi connectivity index (χ0n) is 15.3. The van der Waals surface area contributed by atoms with E-state index < -0.39 is 6.35 Å². The van der Waals surface area contributed by atoms with Gasteiger partial charge in [0, 0.05) is 24.7 Å². The molecule has 0 saturated carbocycles. The Balaban J connectivity index is 1.49. The summed E-state index contributed by atoms with van der Waals surface area (Å²) in [6, 6.07) is 11.2. The Bertz CT molecular complexity index is 671. The monoisotopic (exact) mass is 359 g/mol. The van der Waals surface area contributed by atoms with Gasteiger partial charge < -0.3 is 5.11 Å². The van der Waals surface area contributed by atoms with Crippen LogP contribution in [0.25, 0.3) is 0 Å². The first-order valence-corrected chi connectivity index (χ1v) is 9.84. The van der Waals surface area contributed by atoms with Gasteiger partial charge in [-0.15, -0.1) is 0 Å². The van der Waals surface area contributed by atoms with Gasteiger partial charge in [-0.05, 0) is 67.3 Å². The third-order valence-corrected chi connectivity index (χ3v) is 5.65. The van der Waals surface area contributed by atoms with Crippen LogP contribution in [-0.2, 0) is 19.4 Å². The molecule has 0 bridgehead atoms. The maximum atomic E-state index is 10.4. The van der Waals surface area contributed by atoms with Crippen molar-refractivity contribution < 1.29 is 5.11 Å². The molecule has 4 nitrogen and oxygen atoms in total. The summed E-state index contributed by atoms with van der Waals surface area (Å²) >= 11 is 1.71. The molecule has 0 saturated heterocycles. The second-order valence-corrected chi connectivity index (χ2v) is 8.47. The molecule has 2 heterocycles. The normalized spacial score (nSPS) is 19.6. The molecule has 0 aliphatic carbocycles. The summed E-state index contributed by atoms with van der Waals surface area (Å²) in [5.74, 6) is 0. The summed E-state index contributed by atoms with van der Waals surface area (Å²) in [5, 5.41) is 21.2. The number of hydrogen-bond acceptors (Lipinski definition) is 5. The second kappa shape index (κ2) is 7.98. The fraction of sp³-hybridized carbons (Fsp3) is 0.500. The minimum Gasteiger partial charge on any atom is -0.365 e. The summed E-state index contributed by atoms with van der Waals surface area (Å²) in [6.07, 6.45) is 1.20. The molecule has 3 rings (SSSR count). The van der Waals surface area contributed by atoms with E-state index in [2.05, 4.69) is 77.5 Å². The zero-order chi connectivity index (χ0) is 17.9. The van der Waals surface area contributed by atoms with E-state index in [-0.39, 0.29) is 5.54 Å². The Morgan fingerprint density at radius 2 is 2.04 bits per heavy atom. The van der Waals surface area contributed by atoms with Crippen LogP contribution in [0.2, 0.25) is 0 Å². The molecule has 1 aliphatic rings. The fourth-order valence-corrected chi connectivity index (χ4v) is 4.24. The number of hydrogen-bond donors (Lipinski definition) is 3. The standard InChI is InChI=1S/C20H29N3OS/c1-20(2,11-15-8-9-25-14-15)22-19(24)21-12-18-10-16-6-4-5-7-17(16)13-23(18)3/h4-9,14,18-19,21-22,24H,10-13H2,1-3H3. The molecule has 0 fully saturated rings. The summed E-state index contributed by atoms with van der Waals surface area (Å²) in [7, 11) is 2.16. The minimum atomic E-state index is -0.709. The van der Waals surface area contributed by atoms with Crippen molar-refractivity contribution in [2.75, 3.05) is 13.6 Å². The van der Waals surface area contributed by atoms with Gasteiger partial charge in [-0.1, -0.05) is 24.3 Å². The molecule has 5 heteroatoms. The van der Waals surface area contributed by atoms with Gasteiger partial charge in [0.1, 0.15) is 0 Å². The highest BCUT2D eigenvalue weighted by atomic mass is 32.1. The Labute approximate surface area is 154 Å². The smallest absolute Gasteiger partial charge is 0.160 e. The molecule has 2 atom stereocenters. The van der Waals surface area contributed by atoms with Gasteiger partial charge in [-0.3, -0.25) is 15.5 Å². The Morgan fingerprint density at radius 3 is 2.76 bits per heavy atom. The van der Waals surface area contributed by atoms with Crippen molar-refractivity contribution in [3.8, 4) is 0 Å².